The summed E-state index contributed by atoms with van der Waals surface area (Å²) in [5.74, 6) is 0.439. The molecule has 210 valence electrons. The van der Waals surface area contributed by atoms with Crippen LogP contribution in [0.1, 0.15) is 55.4 Å². The highest BCUT2D eigenvalue weighted by Crippen LogP contribution is 2.30. The number of aromatic amines is 1. The van der Waals surface area contributed by atoms with E-state index < -0.39 is 11.4 Å². The summed E-state index contributed by atoms with van der Waals surface area (Å²) < 4.78 is 6.36. The molecule has 2 aromatic heterocycles. The van der Waals surface area contributed by atoms with Gasteiger partial charge >= 0.3 is 5.76 Å². The molecule has 5 aromatic rings. The number of hydrogen-bond donors (Lipinski definition) is 2. The first-order valence-electron chi connectivity index (χ1n) is 13.8. The molecular weight excluding hydrogens is 516 g/mol. The summed E-state index contributed by atoms with van der Waals surface area (Å²) in [6, 6.07) is 23.3. The van der Waals surface area contributed by atoms with Crippen molar-refractivity contribution >= 4 is 0 Å². The Morgan fingerprint density at radius 2 is 1.59 bits per heavy atom. The number of rotatable bonds is 9. The van der Waals surface area contributed by atoms with Gasteiger partial charge in [0.1, 0.15) is 5.82 Å². The zero-order chi connectivity index (χ0) is 29.1. The summed E-state index contributed by atoms with van der Waals surface area (Å²) in [5.41, 5.74) is 5.87. The predicted molar refractivity (Wildman–Crippen MR) is 159 cm³/mol. The number of H-pyrrole nitrogens is 1. The molecule has 0 radical (unpaired) electrons. The van der Waals surface area contributed by atoms with E-state index in [-0.39, 0.29) is 5.56 Å². The maximum Gasteiger partial charge on any atom is 0.439 e. The third-order valence-corrected chi connectivity index (χ3v) is 7.30. The minimum Gasteiger partial charge on any atom is -0.386 e. The average molecular weight is 551 g/mol. The maximum absolute atomic E-state index is 13.8. The molecule has 2 heterocycles. The van der Waals surface area contributed by atoms with Gasteiger partial charge < -0.3 is 5.11 Å². The molecule has 0 unspecified atom stereocenters. The highest BCUT2D eigenvalue weighted by Gasteiger charge is 2.19. The molecule has 0 saturated heterocycles. The van der Waals surface area contributed by atoms with Gasteiger partial charge in [0.2, 0.25) is 0 Å². The highest BCUT2D eigenvalue weighted by molar-refractivity contribution is 5.80. The SMILES string of the molecule is CCCc1nc(C)n(-c2ccc(C(C)(C)O)cc2)c(=O)c1CCc1ccc(-c2ccccc2-c2noc(=O)[nH]2)cc1. The Kier molecular flexibility index (Phi) is 7.85. The number of benzene rings is 3. The topological polar surface area (TPSA) is 114 Å². The Balaban J connectivity index is 1.42. The second kappa shape index (κ2) is 11.5. The summed E-state index contributed by atoms with van der Waals surface area (Å²) in [4.78, 5) is 32.8. The largest absolute Gasteiger partial charge is 0.439 e. The van der Waals surface area contributed by atoms with Crippen LogP contribution in [0.25, 0.3) is 28.2 Å². The Labute approximate surface area is 238 Å². The quantitative estimate of drug-likeness (QED) is 0.250. The van der Waals surface area contributed by atoms with Crippen molar-refractivity contribution in [2.24, 2.45) is 0 Å². The molecule has 8 nitrogen and oxygen atoms in total. The molecule has 0 aliphatic heterocycles. The van der Waals surface area contributed by atoms with E-state index >= 15 is 0 Å². The van der Waals surface area contributed by atoms with Crippen LogP contribution in [0.5, 0.6) is 0 Å². The van der Waals surface area contributed by atoms with Crippen LogP contribution < -0.4 is 11.3 Å². The van der Waals surface area contributed by atoms with Gasteiger partial charge in [-0.05, 0) is 74.4 Å². The minimum absolute atomic E-state index is 0.0517. The van der Waals surface area contributed by atoms with E-state index in [1.165, 1.54) is 0 Å². The molecule has 0 fully saturated rings. The average Bonchev–Trinajstić information content (AvgIpc) is 3.39. The van der Waals surface area contributed by atoms with Crippen molar-refractivity contribution < 1.29 is 9.63 Å². The number of aromatic nitrogens is 4. The van der Waals surface area contributed by atoms with Gasteiger partial charge in [0, 0.05) is 11.1 Å². The normalized spacial score (nSPS) is 11.6. The lowest BCUT2D eigenvalue weighted by Crippen LogP contribution is -2.28. The molecule has 0 amide bonds. The van der Waals surface area contributed by atoms with Crippen LogP contribution in [-0.4, -0.2) is 24.8 Å². The number of hydrogen-bond acceptors (Lipinski definition) is 6. The second-order valence-electron chi connectivity index (χ2n) is 10.8. The minimum atomic E-state index is -0.959. The van der Waals surface area contributed by atoms with Crippen molar-refractivity contribution in [1.82, 2.24) is 19.7 Å². The molecule has 2 N–H and O–H groups in total. The number of nitrogens with one attached hydrogen (secondary N) is 1. The van der Waals surface area contributed by atoms with E-state index in [2.05, 4.69) is 29.2 Å². The van der Waals surface area contributed by atoms with Crippen molar-refractivity contribution in [3.63, 3.8) is 0 Å². The van der Waals surface area contributed by atoms with Gasteiger partial charge in [-0.2, -0.15) is 0 Å². The lowest BCUT2D eigenvalue weighted by molar-refractivity contribution is 0.0786. The van der Waals surface area contributed by atoms with Gasteiger partial charge in [0.05, 0.1) is 17.0 Å². The lowest BCUT2D eigenvalue weighted by atomic mass is 9.96. The van der Waals surface area contributed by atoms with Crippen molar-refractivity contribution in [2.75, 3.05) is 0 Å². The van der Waals surface area contributed by atoms with Crippen LogP contribution in [0.2, 0.25) is 0 Å². The van der Waals surface area contributed by atoms with E-state index in [1.54, 1.807) is 18.4 Å². The molecule has 3 aromatic carbocycles. The van der Waals surface area contributed by atoms with Crippen LogP contribution in [0, 0.1) is 6.92 Å². The van der Waals surface area contributed by atoms with E-state index in [4.69, 9.17) is 9.51 Å². The smallest absolute Gasteiger partial charge is 0.386 e. The first kappa shape index (κ1) is 28.0. The van der Waals surface area contributed by atoms with Gasteiger partial charge in [0.15, 0.2) is 5.82 Å². The van der Waals surface area contributed by atoms with E-state index in [0.29, 0.717) is 24.5 Å². The molecule has 41 heavy (non-hydrogen) atoms. The van der Waals surface area contributed by atoms with E-state index in [9.17, 15) is 14.7 Å². The number of nitrogens with zero attached hydrogens (tertiary/aromatic N) is 3. The summed E-state index contributed by atoms with van der Waals surface area (Å²) in [5, 5.41) is 14.2. The van der Waals surface area contributed by atoms with Gasteiger partial charge in [-0.1, -0.05) is 79.2 Å². The van der Waals surface area contributed by atoms with Crippen molar-refractivity contribution in [1.29, 1.82) is 0 Å². The third-order valence-electron chi connectivity index (χ3n) is 7.30. The second-order valence-corrected chi connectivity index (χ2v) is 10.8. The van der Waals surface area contributed by atoms with Gasteiger partial charge in [-0.15, -0.1) is 0 Å². The molecule has 0 atom stereocenters. The fourth-order valence-electron chi connectivity index (χ4n) is 5.14. The molecule has 8 heteroatoms. The van der Waals surface area contributed by atoms with Crippen LogP contribution in [0.4, 0.5) is 0 Å². The molecule has 0 aliphatic carbocycles. The fourth-order valence-corrected chi connectivity index (χ4v) is 5.14. The summed E-state index contributed by atoms with van der Waals surface area (Å²) in [6.45, 7) is 7.43. The maximum atomic E-state index is 13.8. The lowest BCUT2D eigenvalue weighted by Gasteiger charge is -2.19. The highest BCUT2D eigenvalue weighted by atomic mass is 16.5. The summed E-state index contributed by atoms with van der Waals surface area (Å²) in [6.07, 6.45) is 2.89. The Hall–Kier alpha value is -4.56. The molecular formula is C33H34N4O4. The van der Waals surface area contributed by atoms with Crippen LogP contribution in [0.15, 0.2) is 86.9 Å². The standard InChI is InChI=1S/C33H34N4O4/c1-5-8-29-28(31(38)37(21(2)34-29)25-18-16-24(17-19-25)33(3,4)40)20-13-22-11-14-23(15-12-22)26-9-6-7-10-27(26)30-35-32(39)41-36-30/h6-7,9-12,14-19,40H,5,8,13,20H2,1-4H3,(H,35,36,39). The van der Waals surface area contributed by atoms with E-state index in [0.717, 1.165) is 57.6 Å². The van der Waals surface area contributed by atoms with Gasteiger partial charge in [0.25, 0.3) is 5.56 Å². The van der Waals surface area contributed by atoms with E-state index in [1.807, 2.05) is 67.6 Å². The van der Waals surface area contributed by atoms with Crippen LogP contribution in [0.3, 0.4) is 0 Å². The molecule has 0 bridgehead atoms. The van der Waals surface area contributed by atoms with Crippen LogP contribution >= 0.6 is 0 Å². The van der Waals surface area contributed by atoms with Crippen molar-refractivity contribution in [3.8, 4) is 28.2 Å². The van der Waals surface area contributed by atoms with Crippen molar-refractivity contribution in [2.45, 2.75) is 59.0 Å². The fraction of sp³-hybridized carbons (Fsp3) is 0.273. The Bertz CT molecular complexity index is 1770. The molecule has 0 aliphatic rings. The van der Waals surface area contributed by atoms with Gasteiger partial charge in [-0.25, -0.2) is 9.78 Å². The molecule has 0 saturated carbocycles. The Morgan fingerprint density at radius 1 is 0.902 bits per heavy atom. The predicted octanol–water partition coefficient (Wildman–Crippen LogP) is 5.52. The number of aliphatic hydroxyl groups is 1. The first-order valence-corrected chi connectivity index (χ1v) is 13.8. The third kappa shape index (κ3) is 5.98. The molecule has 5 rings (SSSR count). The first-order chi connectivity index (χ1) is 19.7. The zero-order valence-electron chi connectivity index (χ0n) is 23.8. The van der Waals surface area contributed by atoms with Crippen LogP contribution in [-0.2, 0) is 24.9 Å². The number of aryl methyl sites for hydroxylation is 3. The Morgan fingerprint density at radius 3 is 2.20 bits per heavy atom. The summed E-state index contributed by atoms with van der Waals surface area (Å²) in [7, 11) is 0. The monoisotopic (exact) mass is 550 g/mol. The summed E-state index contributed by atoms with van der Waals surface area (Å²) >= 11 is 0. The molecule has 0 spiro atoms. The van der Waals surface area contributed by atoms with Gasteiger partial charge in [-0.3, -0.25) is 18.9 Å². The zero-order valence-corrected chi connectivity index (χ0v) is 23.8. The van der Waals surface area contributed by atoms with Crippen molar-refractivity contribution in [3.05, 3.63) is 122 Å².